The maximum atomic E-state index is 6.12. The lowest BCUT2D eigenvalue weighted by atomic mass is 10.0. The molecule has 0 saturated heterocycles. The van der Waals surface area contributed by atoms with Crippen LogP contribution < -0.4 is 15.8 Å². The minimum Gasteiger partial charge on any atom is -0.492 e. The summed E-state index contributed by atoms with van der Waals surface area (Å²) in [6, 6.07) is 5.96. The zero-order valence-electron chi connectivity index (χ0n) is 10.7. The van der Waals surface area contributed by atoms with Gasteiger partial charge in [-0.1, -0.05) is 25.4 Å². The third-order valence-corrected chi connectivity index (χ3v) is 2.94. The molecule has 1 atom stereocenters. The fourth-order valence-electron chi connectivity index (χ4n) is 1.58. The number of nitrogens with one attached hydrogen (secondary N) is 1. The Kier molecular flexibility index (Phi) is 5.59. The summed E-state index contributed by atoms with van der Waals surface area (Å²) in [5, 5.41) is 3.99. The Bertz CT molecular complexity index is 355. The molecule has 0 bridgehead atoms. The lowest BCUT2D eigenvalue weighted by Crippen LogP contribution is -2.33. The molecule has 1 rings (SSSR count). The van der Waals surface area contributed by atoms with Crippen molar-refractivity contribution in [3.63, 3.8) is 0 Å². The summed E-state index contributed by atoms with van der Waals surface area (Å²) < 4.78 is 5.39. The lowest BCUT2D eigenvalue weighted by molar-refractivity contribution is 0.340. The van der Waals surface area contributed by atoms with Gasteiger partial charge in [0.15, 0.2) is 0 Å². The molecule has 0 amide bonds. The van der Waals surface area contributed by atoms with Crippen molar-refractivity contribution in [3.05, 3.63) is 23.2 Å². The first kappa shape index (κ1) is 14.1. The van der Waals surface area contributed by atoms with Crippen molar-refractivity contribution in [2.24, 2.45) is 11.7 Å². The topological polar surface area (TPSA) is 47.3 Å². The van der Waals surface area contributed by atoms with Gasteiger partial charge in [-0.3, -0.25) is 0 Å². The molecule has 0 aliphatic heterocycles. The van der Waals surface area contributed by atoms with Gasteiger partial charge in [0.1, 0.15) is 5.75 Å². The van der Waals surface area contributed by atoms with Gasteiger partial charge in [0.2, 0.25) is 0 Å². The maximum Gasteiger partial charge on any atom is 0.138 e. The highest BCUT2D eigenvalue weighted by Gasteiger charge is 2.11. The highest BCUT2D eigenvalue weighted by molar-refractivity contribution is 6.32. The highest BCUT2D eigenvalue weighted by Crippen LogP contribution is 2.28. The minimum atomic E-state index is 0.254. The number of halogens is 1. The van der Waals surface area contributed by atoms with Crippen LogP contribution in [0.5, 0.6) is 5.75 Å². The molecule has 0 heterocycles. The number of benzene rings is 1. The van der Waals surface area contributed by atoms with Crippen LogP contribution in [0.3, 0.4) is 0 Å². The van der Waals surface area contributed by atoms with Crippen LogP contribution in [0.25, 0.3) is 0 Å². The van der Waals surface area contributed by atoms with E-state index in [1.54, 1.807) is 0 Å². The van der Waals surface area contributed by atoms with E-state index in [0.29, 0.717) is 29.8 Å². The van der Waals surface area contributed by atoms with Crippen LogP contribution in [0.1, 0.15) is 20.8 Å². The van der Waals surface area contributed by atoms with Crippen molar-refractivity contribution in [2.45, 2.75) is 26.8 Å². The molecule has 17 heavy (non-hydrogen) atoms. The number of hydrogen-bond acceptors (Lipinski definition) is 3. The average Bonchev–Trinajstić information content (AvgIpc) is 2.29. The Hall–Kier alpha value is -0.930. The van der Waals surface area contributed by atoms with E-state index in [-0.39, 0.29) is 6.04 Å². The number of anilines is 1. The van der Waals surface area contributed by atoms with E-state index in [1.807, 2.05) is 25.1 Å². The predicted molar refractivity (Wildman–Crippen MR) is 73.9 cm³/mol. The summed E-state index contributed by atoms with van der Waals surface area (Å²) in [5.41, 5.74) is 6.69. The Labute approximate surface area is 108 Å². The Balaban J connectivity index is 2.76. The van der Waals surface area contributed by atoms with Crippen LogP contribution in [0.4, 0.5) is 5.69 Å². The predicted octanol–water partition coefficient (Wildman–Crippen LogP) is 3.13. The summed E-state index contributed by atoms with van der Waals surface area (Å²) in [4.78, 5) is 0. The second-order valence-electron chi connectivity index (χ2n) is 4.31. The van der Waals surface area contributed by atoms with Gasteiger partial charge in [-0.25, -0.2) is 0 Å². The molecule has 0 aliphatic carbocycles. The summed E-state index contributed by atoms with van der Waals surface area (Å²) in [6.45, 7) is 7.43. The van der Waals surface area contributed by atoms with E-state index >= 15 is 0 Å². The van der Waals surface area contributed by atoms with E-state index in [2.05, 4.69) is 19.2 Å². The molecule has 1 unspecified atom stereocenters. The van der Waals surface area contributed by atoms with Crippen LogP contribution in [0, 0.1) is 5.92 Å². The fourth-order valence-corrected chi connectivity index (χ4v) is 1.81. The number of nitrogens with two attached hydrogens (primary N) is 1. The van der Waals surface area contributed by atoms with E-state index in [1.165, 1.54) is 0 Å². The number of rotatable bonds is 6. The van der Waals surface area contributed by atoms with Crippen LogP contribution >= 0.6 is 11.6 Å². The second-order valence-corrected chi connectivity index (χ2v) is 4.72. The Morgan fingerprint density at radius 1 is 1.41 bits per heavy atom. The third kappa shape index (κ3) is 4.10. The monoisotopic (exact) mass is 256 g/mol. The summed E-state index contributed by atoms with van der Waals surface area (Å²) in [5.74, 6) is 1.19. The Morgan fingerprint density at radius 3 is 2.59 bits per heavy atom. The molecule has 0 fully saturated rings. The zero-order chi connectivity index (χ0) is 12.8. The molecule has 1 aromatic carbocycles. The SMILES string of the molecule is CCOc1ccc(NC(CN)C(C)C)cc1Cl. The van der Waals surface area contributed by atoms with E-state index < -0.39 is 0 Å². The number of hydrogen-bond donors (Lipinski definition) is 2. The van der Waals surface area contributed by atoms with Gasteiger partial charge in [-0.2, -0.15) is 0 Å². The van der Waals surface area contributed by atoms with Gasteiger partial charge in [0.25, 0.3) is 0 Å². The lowest BCUT2D eigenvalue weighted by Gasteiger charge is -2.22. The van der Waals surface area contributed by atoms with Crippen molar-refractivity contribution in [1.82, 2.24) is 0 Å². The molecule has 1 aromatic rings. The molecule has 0 aromatic heterocycles. The smallest absolute Gasteiger partial charge is 0.138 e. The average molecular weight is 257 g/mol. The van der Waals surface area contributed by atoms with Crippen LogP contribution in [0.15, 0.2) is 18.2 Å². The van der Waals surface area contributed by atoms with E-state index in [4.69, 9.17) is 22.1 Å². The molecular weight excluding hydrogens is 236 g/mol. The van der Waals surface area contributed by atoms with Gasteiger partial charge in [0.05, 0.1) is 11.6 Å². The zero-order valence-corrected chi connectivity index (χ0v) is 11.4. The van der Waals surface area contributed by atoms with Crippen molar-refractivity contribution in [3.8, 4) is 5.75 Å². The fraction of sp³-hybridized carbons (Fsp3) is 0.538. The molecule has 0 saturated carbocycles. The van der Waals surface area contributed by atoms with Gasteiger partial charge >= 0.3 is 0 Å². The Morgan fingerprint density at radius 2 is 2.12 bits per heavy atom. The van der Waals surface area contributed by atoms with Gasteiger partial charge in [-0.05, 0) is 31.0 Å². The molecule has 3 nitrogen and oxygen atoms in total. The first-order chi connectivity index (χ1) is 8.08. The van der Waals surface area contributed by atoms with Crippen molar-refractivity contribution in [2.75, 3.05) is 18.5 Å². The highest BCUT2D eigenvalue weighted by atomic mass is 35.5. The normalized spacial score (nSPS) is 12.6. The summed E-state index contributed by atoms with van der Waals surface area (Å²) in [7, 11) is 0. The standard InChI is InChI=1S/C13H21ClN2O/c1-4-17-13-6-5-10(7-11(13)14)16-12(8-15)9(2)3/h5-7,9,12,16H,4,8,15H2,1-3H3. The van der Waals surface area contributed by atoms with Crippen molar-refractivity contribution in [1.29, 1.82) is 0 Å². The van der Waals surface area contributed by atoms with Crippen LogP contribution in [-0.4, -0.2) is 19.2 Å². The third-order valence-electron chi connectivity index (χ3n) is 2.64. The first-order valence-corrected chi connectivity index (χ1v) is 6.35. The van der Waals surface area contributed by atoms with E-state index in [9.17, 15) is 0 Å². The van der Waals surface area contributed by atoms with E-state index in [0.717, 1.165) is 5.69 Å². The molecule has 4 heteroatoms. The van der Waals surface area contributed by atoms with Gasteiger partial charge in [-0.15, -0.1) is 0 Å². The number of ether oxygens (including phenoxy) is 1. The summed E-state index contributed by atoms with van der Waals surface area (Å²) in [6.07, 6.45) is 0. The van der Waals surface area contributed by atoms with Crippen LogP contribution in [0.2, 0.25) is 5.02 Å². The van der Waals surface area contributed by atoms with Crippen molar-refractivity contribution < 1.29 is 4.74 Å². The molecule has 96 valence electrons. The van der Waals surface area contributed by atoms with Gasteiger partial charge in [0, 0.05) is 18.3 Å². The van der Waals surface area contributed by atoms with Crippen LogP contribution in [-0.2, 0) is 0 Å². The second kappa shape index (κ2) is 6.72. The molecule has 3 N–H and O–H groups in total. The molecule has 0 aliphatic rings. The minimum absolute atomic E-state index is 0.254. The molecule has 0 radical (unpaired) electrons. The summed E-state index contributed by atoms with van der Waals surface area (Å²) >= 11 is 6.12. The molecular formula is C13H21ClN2O. The molecule has 0 spiro atoms. The first-order valence-electron chi connectivity index (χ1n) is 5.97. The van der Waals surface area contributed by atoms with Crippen molar-refractivity contribution >= 4 is 17.3 Å². The quantitative estimate of drug-likeness (QED) is 0.822. The largest absolute Gasteiger partial charge is 0.492 e. The van der Waals surface area contributed by atoms with Gasteiger partial charge < -0.3 is 15.8 Å². The maximum absolute atomic E-state index is 6.12.